The predicted octanol–water partition coefficient (Wildman–Crippen LogP) is 4.20. The van der Waals surface area contributed by atoms with Crippen LogP contribution in [0.1, 0.15) is 22.7 Å². The van der Waals surface area contributed by atoms with Crippen LogP contribution in [0.15, 0.2) is 35.2 Å². The number of thioether (sulfide) groups is 1. The maximum absolute atomic E-state index is 11.8. The van der Waals surface area contributed by atoms with Gasteiger partial charge in [-0.3, -0.25) is 0 Å². The molecule has 27 heavy (non-hydrogen) atoms. The Morgan fingerprint density at radius 1 is 1.22 bits per heavy atom. The normalized spacial score (nSPS) is 18.8. The van der Waals surface area contributed by atoms with Gasteiger partial charge in [0.05, 0.1) is 22.6 Å². The zero-order valence-electron chi connectivity index (χ0n) is 15.2. The van der Waals surface area contributed by atoms with E-state index in [1.807, 2.05) is 18.2 Å². The molecule has 0 bridgehead atoms. The number of thiophene rings is 1. The van der Waals surface area contributed by atoms with Crippen LogP contribution in [0.4, 0.5) is 5.82 Å². The molecular formula is C19H21N3O2S3. The molecule has 1 aliphatic rings. The largest absolute Gasteiger partial charge is 0.366 e. The fourth-order valence-corrected chi connectivity index (χ4v) is 6.73. The summed E-state index contributed by atoms with van der Waals surface area (Å²) in [6, 6.07) is 10.1. The maximum atomic E-state index is 11.8. The van der Waals surface area contributed by atoms with Gasteiger partial charge in [0, 0.05) is 15.8 Å². The summed E-state index contributed by atoms with van der Waals surface area (Å²) >= 11 is 3.37. The van der Waals surface area contributed by atoms with Gasteiger partial charge in [0.2, 0.25) is 0 Å². The molecule has 0 saturated carbocycles. The van der Waals surface area contributed by atoms with Crippen molar-refractivity contribution in [2.24, 2.45) is 0 Å². The van der Waals surface area contributed by atoms with Crippen LogP contribution in [-0.4, -0.2) is 35.9 Å². The summed E-state index contributed by atoms with van der Waals surface area (Å²) in [5, 5.41) is 4.42. The number of fused-ring (bicyclic) bond motifs is 1. The first kappa shape index (κ1) is 18.7. The molecule has 1 fully saturated rings. The van der Waals surface area contributed by atoms with Crippen molar-refractivity contribution in [3.63, 3.8) is 0 Å². The molecule has 3 aromatic rings. The first-order valence-electron chi connectivity index (χ1n) is 8.83. The second kappa shape index (κ2) is 7.41. The molecule has 142 valence electrons. The highest BCUT2D eigenvalue weighted by Crippen LogP contribution is 2.35. The Morgan fingerprint density at radius 2 is 2.00 bits per heavy atom. The van der Waals surface area contributed by atoms with Crippen molar-refractivity contribution < 1.29 is 8.42 Å². The lowest BCUT2D eigenvalue weighted by molar-refractivity contribution is 0.602. The number of benzene rings is 1. The van der Waals surface area contributed by atoms with Crippen LogP contribution in [0.3, 0.4) is 0 Å². The topological polar surface area (TPSA) is 72.0 Å². The lowest BCUT2D eigenvalue weighted by Gasteiger charge is -2.14. The highest BCUT2D eigenvalue weighted by Gasteiger charge is 2.29. The summed E-state index contributed by atoms with van der Waals surface area (Å²) < 4.78 is 23.6. The van der Waals surface area contributed by atoms with Crippen LogP contribution in [0.25, 0.3) is 10.2 Å². The van der Waals surface area contributed by atoms with Gasteiger partial charge in [0.1, 0.15) is 16.5 Å². The van der Waals surface area contributed by atoms with Crippen LogP contribution in [0.2, 0.25) is 0 Å². The summed E-state index contributed by atoms with van der Waals surface area (Å²) in [5.74, 6) is 2.63. The number of aryl methyl sites for hydroxylation is 2. The van der Waals surface area contributed by atoms with E-state index in [1.165, 1.54) is 15.3 Å². The number of rotatable bonds is 5. The van der Waals surface area contributed by atoms with Gasteiger partial charge < -0.3 is 5.32 Å². The monoisotopic (exact) mass is 419 g/mol. The minimum atomic E-state index is -2.94. The Morgan fingerprint density at radius 3 is 2.70 bits per heavy atom. The van der Waals surface area contributed by atoms with E-state index in [-0.39, 0.29) is 17.5 Å². The Kier molecular flexibility index (Phi) is 5.13. The van der Waals surface area contributed by atoms with E-state index in [0.29, 0.717) is 12.2 Å². The summed E-state index contributed by atoms with van der Waals surface area (Å²) in [5.41, 5.74) is 1.17. The Bertz CT molecular complexity index is 1080. The maximum Gasteiger partial charge on any atom is 0.152 e. The molecule has 0 unspecified atom stereocenters. The van der Waals surface area contributed by atoms with E-state index in [4.69, 9.17) is 9.97 Å². The predicted molar refractivity (Wildman–Crippen MR) is 114 cm³/mol. The molecule has 0 radical (unpaired) electrons. The molecule has 2 aromatic heterocycles. The quantitative estimate of drug-likeness (QED) is 0.625. The molecule has 0 aliphatic carbocycles. The van der Waals surface area contributed by atoms with Crippen LogP contribution in [-0.2, 0) is 15.6 Å². The van der Waals surface area contributed by atoms with Gasteiger partial charge in [-0.15, -0.1) is 23.1 Å². The van der Waals surface area contributed by atoms with Crippen molar-refractivity contribution in [1.29, 1.82) is 0 Å². The number of anilines is 1. The first-order chi connectivity index (χ1) is 12.9. The molecule has 5 nitrogen and oxygen atoms in total. The second-order valence-corrected chi connectivity index (χ2v) is 11.3. The summed E-state index contributed by atoms with van der Waals surface area (Å²) in [6.07, 6.45) is 0.629. The minimum absolute atomic E-state index is 0.0812. The molecule has 0 spiro atoms. The number of hydrogen-bond donors (Lipinski definition) is 1. The Labute approximate surface area is 167 Å². The molecule has 1 N–H and O–H groups in total. The SMILES string of the molecule is Cc1sc2nc(CSc3ccccc3)nc(N[C@@H]3CCS(=O)(=O)C3)c2c1C. The molecule has 3 heterocycles. The van der Waals surface area contributed by atoms with Crippen LogP contribution >= 0.6 is 23.1 Å². The fraction of sp³-hybridized carbons (Fsp3) is 0.368. The first-order valence-corrected chi connectivity index (χ1v) is 12.4. The van der Waals surface area contributed by atoms with Gasteiger partial charge in [-0.05, 0) is 38.0 Å². The Balaban J connectivity index is 1.65. The van der Waals surface area contributed by atoms with E-state index in [0.717, 1.165) is 21.9 Å². The lowest BCUT2D eigenvalue weighted by Crippen LogP contribution is -2.21. The molecule has 1 atom stereocenters. The van der Waals surface area contributed by atoms with E-state index < -0.39 is 9.84 Å². The number of nitrogens with zero attached hydrogens (tertiary/aromatic N) is 2. The zero-order chi connectivity index (χ0) is 19.0. The van der Waals surface area contributed by atoms with E-state index in [9.17, 15) is 8.42 Å². The Hall–Kier alpha value is -1.64. The van der Waals surface area contributed by atoms with E-state index in [2.05, 4.69) is 31.3 Å². The number of sulfone groups is 1. The van der Waals surface area contributed by atoms with Gasteiger partial charge in [-0.25, -0.2) is 18.4 Å². The summed E-state index contributed by atoms with van der Waals surface area (Å²) in [7, 11) is -2.94. The van der Waals surface area contributed by atoms with Crippen molar-refractivity contribution in [2.75, 3.05) is 16.8 Å². The van der Waals surface area contributed by atoms with Gasteiger partial charge in [0.25, 0.3) is 0 Å². The van der Waals surface area contributed by atoms with Crippen LogP contribution in [0.5, 0.6) is 0 Å². The number of nitrogens with one attached hydrogen (secondary N) is 1. The molecular weight excluding hydrogens is 398 g/mol. The standard InChI is InChI=1S/C19H21N3O2S3/c1-12-13(2)26-19-17(12)18(20-14-8-9-27(23,24)11-14)21-16(22-19)10-25-15-6-4-3-5-7-15/h3-7,14H,8-11H2,1-2H3,(H,20,21,22)/t14-/m1/s1. The molecule has 1 aliphatic heterocycles. The average molecular weight is 420 g/mol. The van der Waals surface area contributed by atoms with Crippen molar-refractivity contribution >= 4 is 49.0 Å². The van der Waals surface area contributed by atoms with E-state index >= 15 is 0 Å². The third kappa shape index (κ3) is 4.12. The molecule has 0 amide bonds. The van der Waals surface area contributed by atoms with Crippen molar-refractivity contribution in [1.82, 2.24) is 9.97 Å². The zero-order valence-corrected chi connectivity index (χ0v) is 17.7. The van der Waals surface area contributed by atoms with Gasteiger partial charge >= 0.3 is 0 Å². The lowest BCUT2D eigenvalue weighted by atomic mass is 10.2. The highest BCUT2D eigenvalue weighted by atomic mass is 32.2. The minimum Gasteiger partial charge on any atom is -0.366 e. The van der Waals surface area contributed by atoms with Gasteiger partial charge in [0.15, 0.2) is 9.84 Å². The van der Waals surface area contributed by atoms with Crippen LogP contribution in [0, 0.1) is 13.8 Å². The van der Waals surface area contributed by atoms with E-state index in [1.54, 1.807) is 23.1 Å². The van der Waals surface area contributed by atoms with Crippen LogP contribution < -0.4 is 5.32 Å². The molecule has 1 aromatic carbocycles. The van der Waals surface area contributed by atoms with Gasteiger partial charge in [-0.2, -0.15) is 0 Å². The van der Waals surface area contributed by atoms with Crippen molar-refractivity contribution in [3.8, 4) is 0 Å². The third-order valence-corrected chi connectivity index (χ3v) is 8.64. The smallest absolute Gasteiger partial charge is 0.152 e. The number of hydrogen-bond acceptors (Lipinski definition) is 7. The summed E-state index contributed by atoms with van der Waals surface area (Å²) in [4.78, 5) is 12.9. The summed E-state index contributed by atoms with van der Waals surface area (Å²) in [6.45, 7) is 4.16. The van der Waals surface area contributed by atoms with Crippen molar-refractivity contribution in [2.45, 2.75) is 37.0 Å². The van der Waals surface area contributed by atoms with Crippen molar-refractivity contribution in [3.05, 3.63) is 46.6 Å². The second-order valence-electron chi connectivity index (χ2n) is 6.80. The molecule has 1 saturated heterocycles. The molecule has 8 heteroatoms. The fourth-order valence-electron chi connectivity index (χ4n) is 3.23. The number of aromatic nitrogens is 2. The average Bonchev–Trinajstić information content (AvgIpc) is 3.12. The van der Waals surface area contributed by atoms with Gasteiger partial charge in [-0.1, -0.05) is 18.2 Å². The molecule has 4 rings (SSSR count). The highest BCUT2D eigenvalue weighted by molar-refractivity contribution is 7.98. The third-order valence-electron chi connectivity index (χ3n) is 4.76.